The van der Waals surface area contributed by atoms with E-state index in [1.807, 2.05) is 47.4 Å². The van der Waals surface area contributed by atoms with Crippen LogP contribution in [-0.4, -0.2) is 46.5 Å². The molecule has 3 aromatic rings. The fraction of sp³-hybridized carbons (Fsp3) is 0.286. The first kappa shape index (κ1) is 18.6. The quantitative estimate of drug-likeness (QED) is 0.641. The Kier molecular flexibility index (Phi) is 5.94. The first-order valence-corrected chi connectivity index (χ1v) is 10.0. The van der Waals surface area contributed by atoms with E-state index in [1.54, 1.807) is 0 Å². The van der Waals surface area contributed by atoms with Crippen LogP contribution >= 0.6 is 11.5 Å². The molecule has 144 valence electrons. The molecule has 0 saturated carbocycles. The number of hydrogen-bond acceptors (Lipinski definition) is 6. The zero-order valence-corrected chi connectivity index (χ0v) is 16.2. The summed E-state index contributed by atoms with van der Waals surface area (Å²) in [4.78, 5) is 18.6. The van der Waals surface area contributed by atoms with Gasteiger partial charge in [0, 0.05) is 31.0 Å². The first-order valence-electron chi connectivity index (χ1n) is 9.25. The number of nitrogens with zero attached hydrogens (tertiary/aromatic N) is 3. The predicted octanol–water partition coefficient (Wildman–Crippen LogP) is 3.32. The van der Waals surface area contributed by atoms with Crippen LogP contribution in [0.15, 0.2) is 54.6 Å². The van der Waals surface area contributed by atoms with Crippen molar-refractivity contribution in [3.63, 3.8) is 0 Å². The second-order valence-corrected chi connectivity index (χ2v) is 7.27. The summed E-state index contributed by atoms with van der Waals surface area (Å²) >= 11 is 1.24. The molecule has 1 fully saturated rings. The molecule has 1 aromatic heterocycles. The van der Waals surface area contributed by atoms with Crippen LogP contribution in [0.25, 0.3) is 0 Å². The monoisotopic (exact) mass is 395 g/mol. The maximum Gasteiger partial charge on any atom is 0.298 e. The second-order valence-electron chi connectivity index (χ2n) is 6.55. The molecule has 7 heteroatoms. The standard InChI is InChI=1S/C21H21N3O3S/c25-20(24-10-12-26-13-11-24)15-17-6-8-18(9-7-17)27-21-22-19(23-28-21)14-16-4-2-1-3-5-16/h1-9H,10-15H2. The summed E-state index contributed by atoms with van der Waals surface area (Å²) in [5, 5.41) is 0.517. The Labute approximate surface area is 167 Å². The molecule has 1 aliphatic heterocycles. The van der Waals surface area contributed by atoms with Gasteiger partial charge in [-0.25, -0.2) is 0 Å². The van der Waals surface area contributed by atoms with E-state index in [1.165, 1.54) is 17.1 Å². The van der Waals surface area contributed by atoms with Gasteiger partial charge in [0.1, 0.15) is 5.75 Å². The van der Waals surface area contributed by atoms with Crippen molar-refractivity contribution in [2.24, 2.45) is 0 Å². The van der Waals surface area contributed by atoms with Gasteiger partial charge >= 0.3 is 0 Å². The average Bonchev–Trinajstić information content (AvgIpc) is 3.17. The molecule has 0 radical (unpaired) electrons. The first-order chi connectivity index (χ1) is 13.8. The number of amides is 1. The maximum atomic E-state index is 12.3. The van der Waals surface area contributed by atoms with E-state index in [-0.39, 0.29) is 5.91 Å². The highest BCUT2D eigenvalue weighted by Crippen LogP contribution is 2.24. The summed E-state index contributed by atoms with van der Waals surface area (Å²) in [5.74, 6) is 1.57. The van der Waals surface area contributed by atoms with Gasteiger partial charge in [-0.1, -0.05) is 42.5 Å². The minimum atomic E-state index is 0.131. The third-order valence-corrected chi connectivity index (χ3v) is 5.14. The number of hydrogen-bond donors (Lipinski definition) is 0. The van der Waals surface area contributed by atoms with Crippen molar-refractivity contribution in [1.82, 2.24) is 14.3 Å². The minimum absolute atomic E-state index is 0.131. The summed E-state index contributed by atoms with van der Waals surface area (Å²) in [5.41, 5.74) is 2.13. The number of benzene rings is 2. The van der Waals surface area contributed by atoms with Gasteiger partial charge in [-0.3, -0.25) is 4.79 Å². The van der Waals surface area contributed by atoms with Gasteiger partial charge in [0.15, 0.2) is 5.82 Å². The van der Waals surface area contributed by atoms with Crippen molar-refractivity contribution < 1.29 is 14.3 Å². The lowest BCUT2D eigenvalue weighted by atomic mass is 10.1. The Bertz CT molecular complexity index is 906. The predicted molar refractivity (Wildman–Crippen MR) is 107 cm³/mol. The molecule has 6 nitrogen and oxygen atoms in total. The molecular weight excluding hydrogens is 374 g/mol. The molecule has 0 atom stereocenters. The fourth-order valence-electron chi connectivity index (χ4n) is 3.00. The van der Waals surface area contributed by atoms with Gasteiger partial charge in [0.2, 0.25) is 5.91 Å². The lowest BCUT2D eigenvalue weighted by molar-refractivity contribution is -0.134. The average molecular weight is 395 g/mol. The van der Waals surface area contributed by atoms with Crippen LogP contribution < -0.4 is 4.74 Å². The molecule has 0 aliphatic carbocycles. The summed E-state index contributed by atoms with van der Waals surface area (Å²) in [6, 6.07) is 17.7. The highest BCUT2D eigenvalue weighted by molar-refractivity contribution is 7.07. The molecule has 2 heterocycles. The van der Waals surface area contributed by atoms with E-state index in [9.17, 15) is 4.79 Å². The van der Waals surface area contributed by atoms with Gasteiger partial charge in [0.25, 0.3) is 5.19 Å². The van der Waals surface area contributed by atoms with Crippen LogP contribution in [0.4, 0.5) is 0 Å². The van der Waals surface area contributed by atoms with Crippen LogP contribution in [0.1, 0.15) is 17.0 Å². The fourth-order valence-corrected chi connectivity index (χ4v) is 3.57. The molecule has 1 saturated heterocycles. The zero-order chi connectivity index (χ0) is 19.2. The highest BCUT2D eigenvalue weighted by Gasteiger charge is 2.17. The van der Waals surface area contributed by atoms with E-state index >= 15 is 0 Å². The van der Waals surface area contributed by atoms with Gasteiger partial charge in [-0.2, -0.15) is 9.36 Å². The van der Waals surface area contributed by atoms with Crippen LogP contribution in [0.2, 0.25) is 0 Å². The van der Waals surface area contributed by atoms with Gasteiger partial charge in [0.05, 0.1) is 19.6 Å². The summed E-state index contributed by atoms with van der Waals surface area (Å²) < 4.78 is 15.5. The Balaban J connectivity index is 1.32. The van der Waals surface area contributed by atoms with E-state index in [0.717, 1.165) is 11.4 Å². The van der Waals surface area contributed by atoms with Crippen molar-refractivity contribution in [3.8, 4) is 10.9 Å². The molecule has 1 amide bonds. The van der Waals surface area contributed by atoms with E-state index in [4.69, 9.17) is 9.47 Å². The van der Waals surface area contributed by atoms with E-state index in [0.29, 0.717) is 50.1 Å². The zero-order valence-electron chi connectivity index (χ0n) is 15.4. The highest BCUT2D eigenvalue weighted by atomic mass is 32.1. The normalized spacial score (nSPS) is 14.1. The van der Waals surface area contributed by atoms with Crippen LogP contribution in [0.3, 0.4) is 0 Å². The SMILES string of the molecule is O=C(Cc1ccc(Oc2nc(Cc3ccccc3)ns2)cc1)N1CCOCC1. The minimum Gasteiger partial charge on any atom is -0.430 e. The number of morpholine rings is 1. The lowest BCUT2D eigenvalue weighted by Crippen LogP contribution is -2.41. The van der Waals surface area contributed by atoms with Crippen molar-refractivity contribution in [2.45, 2.75) is 12.8 Å². The Morgan fingerprint density at radius 2 is 1.79 bits per heavy atom. The van der Waals surface area contributed by atoms with Crippen molar-refractivity contribution in [2.75, 3.05) is 26.3 Å². The largest absolute Gasteiger partial charge is 0.430 e. The third-order valence-electron chi connectivity index (χ3n) is 4.50. The van der Waals surface area contributed by atoms with Crippen molar-refractivity contribution in [3.05, 3.63) is 71.5 Å². The molecule has 4 rings (SSSR count). The lowest BCUT2D eigenvalue weighted by Gasteiger charge is -2.26. The van der Waals surface area contributed by atoms with Crippen molar-refractivity contribution >= 4 is 17.4 Å². The third kappa shape index (κ3) is 4.94. The van der Waals surface area contributed by atoms with Crippen LogP contribution in [-0.2, 0) is 22.4 Å². The second kappa shape index (κ2) is 8.95. The molecule has 28 heavy (non-hydrogen) atoms. The molecule has 0 N–H and O–H groups in total. The van der Waals surface area contributed by atoms with Crippen LogP contribution in [0, 0.1) is 0 Å². The topological polar surface area (TPSA) is 64.5 Å². The van der Waals surface area contributed by atoms with Gasteiger partial charge in [-0.15, -0.1) is 0 Å². The van der Waals surface area contributed by atoms with E-state index in [2.05, 4.69) is 21.5 Å². The summed E-state index contributed by atoms with van der Waals surface area (Å²) in [6.07, 6.45) is 1.07. The molecule has 0 unspecified atom stereocenters. The molecular formula is C21H21N3O3S. The Morgan fingerprint density at radius 3 is 2.54 bits per heavy atom. The van der Waals surface area contributed by atoms with Crippen LogP contribution in [0.5, 0.6) is 10.9 Å². The number of rotatable bonds is 6. The number of aromatic nitrogens is 2. The summed E-state index contributed by atoms with van der Waals surface area (Å²) in [6.45, 7) is 2.57. The smallest absolute Gasteiger partial charge is 0.298 e. The molecule has 0 spiro atoms. The summed E-state index contributed by atoms with van der Waals surface area (Å²) in [7, 11) is 0. The van der Waals surface area contributed by atoms with E-state index < -0.39 is 0 Å². The number of ether oxygens (including phenoxy) is 2. The molecule has 2 aromatic carbocycles. The van der Waals surface area contributed by atoms with Gasteiger partial charge in [-0.05, 0) is 23.3 Å². The number of carbonyl (C=O) groups is 1. The maximum absolute atomic E-state index is 12.3. The Hall–Kier alpha value is -2.77. The van der Waals surface area contributed by atoms with Gasteiger partial charge < -0.3 is 14.4 Å². The Morgan fingerprint density at radius 1 is 1.04 bits per heavy atom. The molecule has 1 aliphatic rings. The van der Waals surface area contributed by atoms with Crippen molar-refractivity contribution in [1.29, 1.82) is 0 Å². The molecule has 0 bridgehead atoms. The number of carbonyl (C=O) groups excluding carboxylic acids is 1.